The molecule has 0 amide bonds. The van der Waals surface area contributed by atoms with Gasteiger partial charge in [-0.3, -0.25) is 0 Å². The van der Waals surface area contributed by atoms with Gasteiger partial charge >= 0.3 is 0 Å². The maximum Gasteiger partial charge on any atom is 0.0931 e. The molecule has 3 heteroatoms. The lowest BCUT2D eigenvalue weighted by Crippen LogP contribution is -2.18. The molecule has 1 rings (SSSR count). The van der Waals surface area contributed by atoms with Crippen molar-refractivity contribution in [1.29, 1.82) is 0 Å². The Labute approximate surface area is 88.1 Å². The Morgan fingerprint density at radius 1 is 1.77 bits per heavy atom. The van der Waals surface area contributed by atoms with Crippen LogP contribution in [0.4, 0.5) is 0 Å². The number of rotatable bonds is 4. The van der Waals surface area contributed by atoms with Crippen molar-refractivity contribution in [3.63, 3.8) is 0 Å². The van der Waals surface area contributed by atoms with Crippen LogP contribution in [0.3, 0.4) is 0 Å². The molecule has 1 aromatic heterocycles. The van der Waals surface area contributed by atoms with E-state index in [2.05, 4.69) is 23.5 Å². The number of halogens is 1. The van der Waals surface area contributed by atoms with Crippen molar-refractivity contribution in [3.05, 3.63) is 21.3 Å². The van der Waals surface area contributed by atoms with Gasteiger partial charge in [0, 0.05) is 19.0 Å². The van der Waals surface area contributed by atoms with Gasteiger partial charge < -0.3 is 5.32 Å². The van der Waals surface area contributed by atoms with Gasteiger partial charge in [0.1, 0.15) is 0 Å². The summed E-state index contributed by atoms with van der Waals surface area (Å²) in [5, 5.41) is 5.38. The highest BCUT2D eigenvalue weighted by Gasteiger charge is 2.05. The van der Waals surface area contributed by atoms with Gasteiger partial charge in [-0.05, 0) is 23.9 Å². The molecule has 0 aliphatic carbocycles. The van der Waals surface area contributed by atoms with Crippen molar-refractivity contribution in [1.82, 2.24) is 5.32 Å². The van der Waals surface area contributed by atoms with E-state index in [-0.39, 0.29) is 0 Å². The van der Waals surface area contributed by atoms with Crippen molar-refractivity contribution >= 4 is 22.9 Å². The Balaban J connectivity index is 2.40. The smallest absolute Gasteiger partial charge is 0.0931 e. The van der Waals surface area contributed by atoms with Gasteiger partial charge in [-0.2, -0.15) is 0 Å². The molecule has 1 heterocycles. The van der Waals surface area contributed by atoms with Crippen molar-refractivity contribution < 1.29 is 0 Å². The van der Waals surface area contributed by atoms with E-state index in [1.807, 2.05) is 6.07 Å². The predicted molar refractivity (Wildman–Crippen MR) is 59.2 cm³/mol. The van der Waals surface area contributed by atoms with Gasteiger partial charge in [-0.25, -0.2) is 0 Å². The SMILES string of the molecule is C#CCCNC(C)c1csc(Cl)c1. The molecular weight excluding hydrogens is 202 g/mol. The van der Waals surface area contributed by atoms with Crippen LogP contribution in [0.2, 0.25) is 4.34 Å². The second-order valence-electron chi connectivity index (χ2n) is 2.81. The molecule has 0 spiro atoms. The minimum atomic E-state index is 0.331. The number of terminal acetylenes is 1. The van der Waals surface area contributed by atoms with Crippen LogP contribution in [0.1, 0.15) is 24.9 Å². The first-order chi connectivity index (χ1) is 6.24. The van der Waals surface area contributed by atoms with E-state index in [0.29, 0.717) is 6.04 Å². The largest absolute Gasteiger partial charge is 0.309 e. The van der Waals surface area contributed by atoms with E-state index >= 15 is 0 Å². The van der Waals surface area contributed by atoms with E-state index in [1.165, 1.54) is 5.56 Å². The summed E-state index contributed by atoms with van der Waals surface area (Å²) in [5.74, 6) is 2.59. The van der Waals surface area contributed by atoms with Crippen LogP contribution in [0.25, 0.3) is 0 Å². The van der Waals surface area contributed by atoms with Gasteiger partial charge in [0.05, 0.1) is 4.34 Å². The Morgan fingerprint density at radius 2 is 2.54 bits per heavy atom. The summed E-state index contributed by atoms with van der Waals surface area (Å²) in [6.45, 7) is 2.96. The quantitative estimate of drug-likeness (QED) is 0.599. The fourth-order valence-electron chi connectivity index (χ4n) is 1.03. The van der Waals surface area contributed by atoms with Crippen molar-refractivity contribution in [2.45, 2.75) is 19.4 Å². The number of hydrogen-bond donors (Lipinski definition) is 1. The molecule has 0 aromatic carbocycles. The van der Waals surface area contributed by atoms with Crippen LogP contribution < -0.4 is 5.32 Å². The first-order valence-electron chi connectivity index (χ1n) is 4.15. The average molecular weight is 214 g/mol. The predicted octanol–water partition coefficient (Wildman–Crippen LogP) is 3.08. The van der Waals surface area contributed by atoms with Crippen LogP contribution in [-0.2, 0) is 0 Å². The second kappa shape index (κ2) is 5.29. The topological polar surface area (TPSA) is 12.0 Å². The van der Waals surface area contributed by atoms with Crippen LogP contribution in [0.15, 0.2) is 11.4 Å². The lowest BCUT2D eigenvalue weighted by atomic mass is 10.2. The third kappa shape index (κ3) is 3.40. The molecule has 13 heavy (non-hydrogen) atoms. The van der Waals surface area contributed by atoms with Crippen molar-refractivity contribution in [2.75, 3.05) is 6.54 Å². The minimum Gasteiger partial charge on any atom is -0.309 e. The Bertz CT molecular complexity index is 300. The summed E-state index contributed by atoms with van der Waals surface area (Å²) in [6.07, 6.45) is 5.91. The summed E-state index contributed by atoms with van der Waals surface area (Å²) < 4.78 is 0.834. The molecule has 1 N–H and O–H groups in total. The highest BCUT2D eigenvalue weighted by molar-refractivity contribution is 7.14. The van der Waals surface area contributed by atoms with Crippen molar-refractivity contribution in [3.8, 4) is 12.3 Å². The summed E-state index contributed by atoms with van der Waals surface area (Å²) in [7, 11) is 0. The molecule has 0 bridgehead atoms. The highest BCUT2D eigenvalue weighted by Crippen LogP contribution is 2.24. The van der Waals surface area contributed by atoms with Crippen molar-refractivity contribution in [2.24, 2.45) is 0 Å². The Morgan fingerprint density at radius 3 is 3.08 bits per heavy atom. The standard InChI is InChI=1S/C10H12ClNS/c1-3-4-5-12-8(2)9-6-10(11)13-7-9/h1,6-8,12H,4-5H2,2H3. The van der Waals surface area contributed by atoms with Gasteiger partial charge in [0.25, 0.3) is 0 Å². The van der Waals surface area contributed by atoms with Gasteiger partial charge in [0.15, 0.2) is 0 Å². The lowest BCUT2D eigenvalue weighted by Gasteiger charge is -2.10. The van der Waals surface area contributed by atoms with Gasteiger partial charge in [0.2, 0.25) is 0 Å². The summed E-state index contributed by atoms with van der Waals surface area (Å²) in [5.41, 5.74) is 1.23. The molecule has 0 saturated carbocycles. The van der Waals surface area contributed by atoms with Crippen LogP contribution in [0, 0.1) is 12.3 Å². The zero-order valence-corrected chi connectivity index (χ0v) is 9.08. The maximum atomic E-state index is 5.82. The highest BCUT2D eigenvalue weighted by atomic mass is 35.5. The number of nitrogens with one attached hydrogen (secondary N) is 1. The van der Waals surface area contributed by atoms with Crippen LogP contribution in [0.5, 0.6) is 0 Å². The number of hydrogen-bond acceptors (Lipinski definition) is 2. The molecule has 1 aromatic rings. The van der Waals surface area contributed by atoms with Crippen LogP contribution in [-0.4, -0.2) is 6.54 Å². The molecule has 0 fully saturated rings. The number of thiophene rings is 1. The summed E-state index contributed by atoms with van der Waals surface area (Å²) >= 11 is 7.38. The van der Waals surface area contributed by atoms with E-state index in [4.69, 9.17) is 18.0 Å². The first kappa shape index (κ1) is 10.6. The average Bonchev–Trinajstić information content (AvgIpc) is 2.52. The molecule has 0 aliphatic heterocycles. The van der Waals surface area contributed by atoms with E-state index in [1.54, 1.807) is 11.3 Å². The van der Waals surface area contributed by atoms with Gasteiger partial charge in [-0.15, -0.1) is 23.7 Å². The first-order valence-corrected chi connectivity index (χ1v) is 5.40. The molecule has 0 radical (unpaired) electrons. The summed E-state index contributed by atoms with van der Waals surface area (Å²) in [6, 6.07) is 2.32. The Hall–Kier alpha value is -0.490. The second-order valence-corrected chi connectivity index (χ2v) is 4.36. The molecule has 1 unspecified atom stereocenters. The summed E-state index contributed by atoms with van der Waals surface area (Å²) in [4.78, 5) is 0. The zero-order chi connectivity index (χ0) is 9.68. The minimum absolute atomic E-state index is 0.331. The molecule has 0 aliphatic rings. The van der Waals surface area contributed by atoms with Crippen LogP contribution >= 0.6 is 22.9 Å². The molecule has 0 saturated heterocycles. The molecule has 1 atom stereocenters. The van der Waals surface area contributed by atoms with E-state index < -0.39 is 0 Å². The molecule has 70 valence electrons. The van der Waals surface area contributed by atoms with Gasteiger partial charge in [-0.1, -0.05) is 11.6 Å². The third-order valence-corrected chi connectivity index (χ3v) is 2.92. The fraction of sp³-hybridized carbons (Fsp3) is 0.400. The third-order valence-electron chi connectivity index (χ3n) is 1.81. The lowest BCUT2D eigenvalue weighted by molar-refractivity contribution is 0.586. The Kier molecular flexibility index (Phi) is 4.31. The van der Waals surface area contributed by atoms with E-state index in [0.717, 1.165) is 17.3 Å². The monoisotopic (exact) mass is 213 g/mol. The normalized spacial score (nSPS) is 12.4. The zero-order valence-electron chi connectivity index (χ0n) is 7.51. The molecular formula is C10H12ClNS. The fourth-order valence-corrected chi connectivity index (χ4v) is 2.01. The maximum absolute atomic E-state index is 5.82. The molecule has 1 nitrogen and oxygen atoms in total. The van der Waals surface area contributed by atoms with E-state index in [9.17, 15) is 0 Å².